The fraction of sp³-hybridized carbons (Fsp3) is 0.611. The number of carbonyl (C=O) groups excluding carboxylic acids is 1. The molecule has 134 valence electrons. The lowest BCUT2D eigenvalue weighted by Crippen LogP contribution is -2.27. The lowest BCUT2D eigenvalue weighted by molar-refractivity contribution is -0.384. The van der Waals surface area contributed by atoms with Gasteiger partial charge >= 0.3 is 6.09 Å². The van der Waals surface area contributed by atoms with Crippen molar-refractivity contribution in [3.05, 3.63) is 34.4 Å². The Morgan fingerprint density at radius 2 is 1.54 bits per heavy atom. The van der Waals surface area contributed by atoms with E-state index in [-0.39, 0.29) is 5.69 Å². The first kappa shape index (κ1) is 19.9. The molecule has 1 N–H and O–H groups in total. The van der Waals surface area contributed by atoms with E-state index in [9.17, 15) is 14.9 Å². The molecule has 6 heteroatoms. The normalized spacial score (nSPS) is 10.4. The van der Waals surface area contributed by atoms with E-state index < -0.39 is 11.0 Å². The minimum Gasteiger partial charge on any atom is -0.410 e. The minimum atomic E-state index is -0.525. The number of ether oxygens (including phenoxy) is 1. The predicted molar refractivity (Wildman–Crippen MR) is 94.4 cm³/mol. The van der Waals surface area contributed by atoms with E-state index in [0.29, 0.717) is 12.3 Å². The van der Waals surface area contributed by atoms with Crippen LogP contribution in [0, 0.1) is 10.1 Å². The van der Waals surface area contributed by atoms with Crippen LogP contribution in [0.5, 0.6) is 5.75 Å². The third kappa shape index (κ3) is 9.12. The summed E-state index contributed by atoms with van der Waals surface area (Å²) in [6.45, 7) is 2.81. The SMILES string of the molecule is CCCCCCCCCCCNC(=O)Oc1ccc([N+](=O)[O-])cc1. The molecule has 1 rings (SSSR count). The van der Waals surface area contributed by atoms with Gasteiger partial charge in [0.05, 0.1) is 4.92 Å². The number of hydrogen-bond donors (Lipinski definition) is 1. The highest BCUT2D eigenvalue weighted by Gasteiger charge is 2.07. The van der Waals surface area contributed by atoms with Crippen LogP contribution in [-0.2, 0) is 0 Å². The van der Waals surface area contributed by atoms with Crippen molar-refractivity contribution in [2.45, 2.75) is 64.7 Å². The molecule has 0 radical (unpaired) electrons. The number of benzene rings is 1. The minimum absolute atomic E-state index is 0.0301. The van der Waals surface area contributed by atoms with Gasteiger partial charge < -0.3 is 10.1 Å². The lowest BCUT2D eigenvalue weighted by atomic mass is 10.1. The summed E-state index contributed by atoms with van der Waals surface area (Å²) < 4.78 is 5.06. The van der Waals surface area contributed by atoms with Crippen LogP contribution in [0.25, 0.3) is 0 Å². The molecule has 0 aliphatic heterocycles. The van der Waals surface area contributed by atoms with Crippen LogP contribution < -0.4 is 10.1 Å². The fourth-order valence-corrected chi connectivity index (χ4v) is 2.41. The van der Waals surface area contributed by atoms with Gasteiger partial charge in [0, 0.05) is 18.7 Å². The van der Waals surface area contributed by atoms with Gasteiger partial charge in [-0.1, -0.05) is 58.3 Å². The number of nitrogens with one attached hydrogen (secondary N) is 1. The maximum atomic E-state index is 11.6. The zero-order valence-electron chi connectivity index (χ0n) is 14.5. The van der Waals surface area contributed by atoms with Gasteiger partial charge in [-0.2, -0.15) is 0 Å². The summed E-state index contributed by atoms with van der Waals surface area (Å²) in [7, 11) is 0. The molecule has 0 unspecified atom stereocenters. The summed E-state index contributed by atoms with van der Waals surface area (Å²) in [6, 6.07) is 5.44. The quantitative estimate of drug-likeness (QED) is 0.322. The third-order valence-corrected chi connectivity index (χ3v) is 3.81. The van der Waals surface area contributed by atoms with Crippen LogP contribution in [0.15, 0.2) is 24.3 Å². The first-order chi connectivity index (χ1) is 11.6. The average molecular weight is 336 g/mol. The molecule has 0 atom stereocenters. The highest BCUT2D eigenvalue weighted by molar-refractivity contribution is 5.70. The Morgan fingerprint density at radius 1 is 1.00 bits per heavy atom. The molecule has 0 aromatic heterocycles. The van der Waals surface area contributed by atoms with Gasteiger partial charge in [0.2, 0.25) is 0 Å². The largest absolute Gasteiger partial charge is 0.412 e. The van der Waals surface area contributed by atoms with Gasteiger partial charge in [0.15, 0.2) is 0 Å². The van der Waals surface area contributed by atoms with Gasteiger partial charge in [-0.05, 0) is 18.6 Å². The molecule has 0 saturated carbocycles. The summed E-state index contributed by atoms with van der Waals surface area (Å²) in [5.41, 5.74) is -0.0301. The Morgan fingerprint density at radius 3 is 2.08 bits per heavy atom. The van der Waals surface area contributed by atoms with Crippen molar-refractivity contribution in [3.8, 4) is 5.75 Å². The molecule has 1 aromatic carbocycles. The molecule has 0 fully saturated rings. The number of rotatable bonds is 12. The van der Waals surface area contributed by atoms with Crippen molar-refractivity contribution in [1.29, 1.82) is 0 Å². The van der Waals surface area contributed by atoms with E-state index in [1.54, 1.807) is 0 Å². The second-order valence-corrected chi connectivity index (χ2v) is 5.90. The average Bonchev–Trinajstić information content (AvgIpc) is 2.57. The molecule has 0 saturated heterocycles. The maximum absolute atomic E-state index is 11.6. The van der Waals surface area contributed by atoms with Gasteiger partial charge in [-0.25, -0.2) is 4.79 Å². The molecule has 0 bridgehead atoms. The number of unbranched alkanes of at least 4 members (excludes halogenated alkanes) is 8. The first-order valence-electron chi connectivity index (χ1n) is 8.83. The number of amides is 1. The standard InChI is InChI=1S/C18H28N2O4/c1-2-3-4-5-6-7-8-9-10-15-19-18(21)24-17-13-11-16(12-14-17)20(22)23/h11-14H,2-10,15H2,1H3,(H,19,21). The van der Waals surface area contributed by atoms with Crippen LogP contribution in [0.2, 0.25) is 0 Å². The monoisotopic (exact) mass is 336 g/mol. The number of non-ortho nitro benzene ring substituents is 1. The fourth-order valence-electron chi connectivity index (χ4n) is 2.41. The van der Waals surface area contributed by atoms with Gasteiger partial charge in [0.25, 0.3) is 5.69 Å². The van der Waals surface area contributed by atoms with E-state index in [0.717, 1.165) is 12.8 Å². The summed E-state index contributed by atoms with van der Waals surface area (Å²) in [6.07, 6.45) is 10.6. The molecule has 0 aliphatic rings. The molecule has 6 nitrogen and oxygen atoms in total. The van der Waals surface area contributed by atoms with Gasteiger partial charge in [-0.3, -0.25) is 10.1 Å². The Hall–Kier alpha value is -2.11. The van der Waals surface area contributed by atoms with Crippen LogP contribution in [0.3, 0.4) is 0 Å². The summed E-state index contributed by atoms with van der Waals surface area (Å²) in [4.78, 5) is 21.6. The second kappa shape index (κ2) is 12.3. The number of nitro groups is 1. The number of hydrogen-bond acceptors (Lipinski definition) is 4. The first-order valence-corrected chi connectivity index (χ1v) is 8.83. The number of carbonyl (C=O) groups is 1. The molecule has 1 amide bonds. The van der Waals surface area contributed by atoms with E-state index >= 15 is 0 Å². The second-order valence-electron chi connectivity index (χ2n) is 5.90. The number of nitrogens with zero attached hydrogens (tertiary/aromatic N) is 1. The van der Waals surface area contributed by atoms with E-state index in [4.69, 9.17) is 4.74 Å². The Balaban J connectivity index is 2.03. The van der Waals surface area contributed by atoms with Gasteiger partial charge in [-0.15, -0.1) is 0 Å². The molecular weight excluding hydrogens is 308 g/mol. The third-order valence-electron chi connectivity index (χ3n) is 3.81. The van der Waals surface area contributed by atoms with Crippen molar-refractivity contribution in [2.75, 3.05) is 6.54 Å². The number of nitro benzene ring substituents is 1. The van der Waals surface area contributed by atoms with Crippen LogP contribution >= 0.6 is 0 Å². The molecule has 24 heavy (non-hydrogen) atoms. The van der Waals surface area contributed by atoms with Crippen molar-refractivity contribution < 1.29 is 14.5 Å². The van der Waals surface area contributed by atoms with Crippen LogP contribution in [0.1, 0.15) is 64.7 Å². The summed E-state index contributed by atoms with van der Waals surface area (Å²) in [5, 5.41) is 13.2. The highest BCUT2D eigenvalue weighted by atomic mass is 16.6. The molecule has 1 aromatic rings. The van der Waals surface area contributed by atoms with Crippen molar-refractivity contribution in [3.63, 3.8) is 0 Å². The van der Waals surface area contributed by atoms with Crippen LogP contribution in [0.4, 0.5) is 10.5 Å². The van der Waals surface area contributed by atoms with E-state index in [2.05, 4.69) is 12.2 Å². The maximum Gasteiger partial charge on any atom is 0.412 e. The molecule has 0 aliphatic carbocycles. The van der Waals surface area contributed by atoms with E-state index in [1.807, 2.05) is 0 Å². The van der Waals surface area contributed by atoms with Gasteiger partial charge in [0.1, 0.15) is 5.75 Å². The van der Waals surface area contributed by atoms with Crippen LogP contribution in [-0.4, -0.2) is 17.6 Å². The topological polar surface area (TPSA) is 81.5 Å². The summed E-state index contributed by atoms with van der Waals surface area (Å²) >= 11 is 0. The molecular formula is C18H28N2O4. The highest BCUT2D eigenvalue weighted by Crippen LogP contribution is 2.17. The van der Waals surface area contributed by atoms with Crippen molar-refractivity contribution in [1.82, 2.24) is 5.32 Å². The molecule has 0 spiro atoms. The Kier molecular flexibility index (Phi) is 10.2. The zero-order valence-corrected chi connectivity index (χ0v) is 14.5. The Labute approximate surface area is 143 Å². The van der Waals surface area contributed by atoms with E-state index in [1.165, 1.54) is 69.2 Å². The smallest absolute Gasteiger partial charge is 0.410 e. The van der Waals surface area contributed by atoms with Crippen molar-refractivity contribution >= 4 is 11.8 Å². The zero-order chi connectivity index (χ0) is 17.6. The lowest BCUT2D eigenvalue weighted by Gasteiger charge is -2.06. The summed E-state index contributed by atoms with van der Waals surface area (Å²) in [5.74, 6) is 0.296. The van der Waals surface area contributed by atoms with Crippen molar-refractivity contribution in [2.24, 2.45) is 0 Å². The predicted octanol–water partition coefficient (Wildman–Crippen LogP) is 5.21. The molecule has 0 heterocycles. The Bertz CT molecular complexity index is 488.